The number of hydrogen-bond acceptors (Lipinski definition) is 5. The molecule has 1 unspecified atom stereocenters. The molecule has 0 aromatic carbocycles. The average Bonchev–Trinajstić information content (AvgIpc) is 3.12. The molecule has 0 aromatic rings. The minimum Gasteiger partial charge on any atom is -0.391 e. The number of unbranched alkanes of at least 4 members (excludes halogenated alkanes) is 27. The van der Waals surface area contributed by atoms with Crippen molar-refractivity contribution < 1.29 is 32.9 Å². The number of rotatable bonds is 42. The molecule has 0 aliphatic rings. The summed E-state index contributed by atoms with van der Waals surface area (Å²) in [6.07, 6.45) is 42.5. The molecular formula is C45H92N2O6P+. The summed E-state index contributed by atoms with van der Waals surface area (Å²) < 4.78 is 23.6. The molecule has 9 heteroatoms. The lowest BCUT2D eigenvalue weighted by molar-refractivity contribution is -0.870. The largest absolute Gasteiger partial charge is 0.472 e. The summed E-state index contributed by atoms with van der Waals surface area (Å²) in [7, 11) is 1.61. The number of phosphoric ester groups is 1. The van der Waals surface area contributed by atoms with E-state index in [4.69, 9.17) is 9.05 Å². The van der Waals surface area contributed by atoms with Gasteiger partial charge in [0.2, 0.25) is 5.91 Å². The first-order valence-corrected chi connectivity index (χ1v) is 24.5. The van der Waals surface area contributed by atoms with Crippen LogP contribution in [0, 0.1) is 0 Å². The van der Waals surface area contributed by atoms with Gasteiger partial charge in [0.15, 0.2) is 0 Å². The van der Waals surface area contributed by atoms with Gasteiger partial charge in [0, 0.05) is 6.42 Å². The average molecular weight is 788 g/mol. The maximum Gasteiger partial charge on any atom is 0.472 e. The van der Waals surface area contributed by atoms with Crippen LogP contribution in [0.25, 0.3) is 0 Å². The summed E-state index contributed by atoms with van der Waals surface area (Å²) in [5, 5.41) is 13.9. The molecule has 0 radical (unpaired) electrons. The van der Waals surface area contributed by atoms with Crippen molar-refractivity contribution in [3.8, 4) is 0 Å². The number of nitrogens with one attached hydrogen (secondary N) is 1. The molecule has 54 heavy (non-hydrogen) atoms. The molecule has 0 saturated heterocycles. The van der Waals surface area contributed by atoms with Crippen molar-refractivity contribution in [2.75, 3.05) is 40.9 Å². The van der Waals surface area contributed by atoms with Gasteiger partial charge in [-0.15, -0.1) is 0 Å². The van der Waals surface area contributed by atoms with Crippen molar-refractivity contribution in [1.29, 1.82) is 0 Å². The van der Waals surface area contributed by atoms with E-state index in [-0.39, 0.29) is 19.1 Å². The van der Waals surface area contributed by atoms with Crippen LogP contribution in [-0.2, 0) is 18.4 Å². The summed E-state index contributed by atoms with van der Waals surface area (Å²) in [5.74, 6) is -0.152. The third-order valence-electron chi connectivity index (χ3n) is 10.5. The molecule has 0 aliphatic heterocycles. The molecule has 0 bridgehead atoms. The number of carbonyl (C=O) groups excluding carboxylic acids is 1. The molecule has 3 atom stereocenters. The zero-order chi connectivity index (χ0) is 40.0. The zero-order valence-electron chi connectivity index (χ0n) is 36.5. The van der Waals surface area contributed by atoms with Crippen LogP contribution in [0.2, 0.25) is 0 Å². The Morgan fingerprint density at radius 2 is 1.00 bits per heavy atom. The number of carbonyl (C=O) groups is 1. The van der Waals surface area contributed by atoms with Crippen molar-refractivity contribution in [2.24, 2.45) is 0 Å². The van der Waals surface area contributed by atoms with E-state index < -0.39 is 20.0 Å². The van der Waals surface area contributed by atoms with Crippen molar-refractivity contribution in [1.82, 2.24) is 5.32 Å². The number of aliphatic hydroxyl groups is 1. The van der Waals surface area contributed by atoms with Crippen LogP contribution in [0.3, 0.4) is 0 Å². The van der Waals surface area contributed by atoms with Crippen molar-refractivity contribution in [3.63, 3.8) is 0 Å². The van der Waals surface area contributed by atoms with E-state index in [1.165, 1.54) is 148 Å². The van der Waals surface area contributed by atoms with Crippen LogP contribution in [0.15, 0.2) is 12.2 Å². The number of allylic oxidation sites excluding steroid dienone is 2. The Balaban J connectivity index is 4.23. The predicted molar refractivity (Wildman–Crippen MR) is 231 cm³/mol. The number of nitrogens with zero attached hydrogens (tertiary/aromatic N) is 1. The highest BCUT2D eigenvalue weighted by Gasteiger charge is 2.28. The van der Waals surface area contributed by atoms with Gasteiger partial charge in [-0.3, -0.25) is 13.8 Å². The van der Waals surface area contributed by atoms with E-state index in [9.17, 15) is 19.4 Å². The van der Waals surface area contributed by atoms with Crippen LogP contribution >= 0.6 is 7.82 Å². The van der Waals surface area contributed by atoms with E-state index in [0.717, 1.165) is 44.9 Å². The Hall–Kier alpha value is -0.760. The molecule has 0 heterocycles. The van der Waals surface area contributed by atoms with Gasteiger partial charge in [0.05, 0.1) is 39.9 Å². The first kappa shape index (κ1) is 53.2. The number of likely N-dealkylation sites (N-methyl/N-ethyl adjacent to an activating group) is 1. The Morgan fingerprint density at radius 3 is 1.43 bits per heavy atom. The maximum atomic E-state index is 12.9. The molecule has 0 aromatic heterocycles. The lowest BCUT2D eigenvalue weighted by Gasteiger charge is -2.26. The number of phosphoric acid groups is 1. The molecule has 322 valence electrons. The van der Waals surface area contributed by atoms with E-state index in [0.29, 0.717) is 23.9 Å². The second-order valence-electron chi connectivity index (χ2n) is 17.1. The number of hydrogen-bond donors (Lipinski definition) is 3. The van der Waals surface area contributed by atoms with Crippen molar-refractivity contribution in [2.45, 2.75) is 231 Å². The molecule has 0 spiro atoms. The Kier molecular flexibility index (Phi) is 37.3. The first-order valence-electron chi connectivity index (χ1n) is 23.1. The molecular weight excluding hydrogens is 695 g/mol. The van der Waals surface area contributed by atoms with Gasteiger partial charge >= 0.3 is 7.82 Å². The Morgan fingerprint density at radius 1 is 0.611 bits per heavy atom. The normalized spacial score (nSPS) is 14.4. The fourth-order valence-electron chi connectivity index (χ4n) is 6.81. The number of quaternary nitrogens is 1. The van der Waals surface area contributed by atoms with Crippen LogP contribution in [0.1, 0.15) is 219 Å². The van der Waals surface area contributed by atoms with Gasteiger partial charge in [-0.05, 0) is 38.5 Å². The molecule has 0 rings (SSSR count). The first-order chi connectivity index (χ1) is 26.0. The lowest BCUT2D eigenvalue weighted by atomic mass is 10.0. The minimum absolute atomic E-state index is 0.0720. The minimum atomic E-state index is -4.31. The van der Waals surface area contributed by atoms with Gasteiger partial charge in [0.1, 0.15) is 13.2 Å². The fraction of sp³-hybridized carbons (Fsp3) is 0.933. The van der Waals surface area contributed by atoms with Gasteiger partial charge in [-0.25, -0.2) is 4.57 Å². The lowest BCUT2D eigenvalue weighted by Crippen LogP contribution is -2.46. The second kappa shape index (κ2) is 37.8. The molecule has 0 aliphatic carbocycles. The summed E-state index contributed by atoms with van der Waals surface area (Å²) >= 11 is 0. The van der Waals surface area contributed by atoms with E-state index in [2.05, 4.69) is 31.3 Å². The highest BCUT2D eigenvalue weighted by atomic mass is 31.2. The van der Waals surface area contributed by atoms with E-state index in [1.807, 2.05) is 21.1 Å². The highest BCUT2D eigenvalue weighted by molar-refractivity contribution is 7.47. The SMILES string of the molecule is CCCCCCC/C=C/CCCC[C@@H](O)[C@H](COP(=O)(O)OCC[N+](C)(C)C)NC(=O)CCCCCCCCCCCCCCCCCCCCCCC. The molecule has 8 nitrogen and oxygen atoms in total. The summed E-state index contributed by atoms with van der Waals surface area (Å²) in [6, 6.07) is -0.770. The Labute approximate surface area is 335 Å². The summed E-state index contributed by atoms with van der Waals surface area (Å²) in [6.45, 7) is 4.86. The maximum absolute atomic E-state index is 12.9. The quantitative estimate of drug-likeness (QED) is 0.0246. The molecule has 0 fully saturated rings. The third kappa shape index (κ3) is 39.5. The van der Waals surface area contributed by atoms with Crippen LogP contribution in [-0.4, -0.2) is 73.4 Å². The zero-order valence-corrected chi connectivity index (χ0v) is 37.4. The molecule has 1 amide bonds. The van der Waals surface area contributed by atoms with Crippen molar-refractivity contribution >= 4 is 13.7 Å². The third-order valence-corrected chi connectivity index (χ3v) is 11.5. The number of amides is 1. The van der Waals surface area contributed by atoms with Crippen LogP contribution < -0.4 is 5.32 Å². The second-order valence-corrected chi connectivity index (χ2v) is 18.6. The topological polar surface area (TPSA) is 105 Å². The smallest absolute Gasteiger partial charge is 0.391 e. The number of aliphatic hydroxyl groups excluding tert-OH is 1. The standard InChI is InChI=1S/C45H91N2O6P/c1-6-8-10-12-14-16-18-19-20-21-22-23-24-25-26-27-29-31-33-35-37-39-45(49)46-43(42-53-54(50,51)52-41-40-47(3,4)5)44(48)38-36-34-32-30-28-17-15-13-11-9-7-2/h28,30,43-44,48H,6-27,29,31-42H2,1-5H3,(H-,46,49,50,51)/p+1/b30-28+/t43-,44+/m0/s1. The van der Waals surface area contributed by atoms with E-state index in [1.54, 1.807) is 0 Å². The van der Waals surface area contributed by atoms with Crippen LogP contribution in [0.4, 0.5) is 0 Å². The fourth-order valence-corrected chi connectivity index (χ4v) is 7.54. The summed E-state index contributed by atoms with van der Waals surface area (Å²) in [5.41, 5.74) is 0. The van der Waals surface area contributed by atoms with Gasteiger partial charge in [0.25, 0.3) is 0 Å². The summed E-state index contributed by atoms with van der Waals surface area (Å²) in [4.78, 5) is 23.1. The van der Waals surface area contributed by atoms with Crippen LogP contribution in [0.5, 0.6) is 0 Å². The van der Waals surface area contributed by atoms with Gasteiger partial charge in [-0.1, -0.05) is 187 Å². The van der Waals surface area contributed by atoms with Crippen molar-refractivity contribution in [3.05, 3.63) is 12.2 Å². The highest BCUT2D eigenvalue weighted by Crippen LogP contribution is 2.43. The predicted octanol–water partition coefficient (Wildman–Crippen LogP) is 12.8. The monoisotopic (exact) mass is 788 g/mol. The Bertz CT molecular complexity index is 896. The molecule has 3 N–H and O–H groups in total. The molecule has 0 saturated carbocycles. The van der Waals surface area contributed by atoms with Gasteiger partial charge in [-0.2, -0.15) is 0 Å². The van der Waals surface area contributed by atoms with E-state index >= 15 is 0 Å². The van der Waals surface area contributed by atoms with Gasteiger partial charge < -0.3 is 19.8 Å².